The smallest absolute Gasteiger partial charge is 0.227 e. The molecule has 0 fully saturated rings. The van der Waals surface area contributed by atoms with Gasteiger partial charge in [0.05, 0.1) is 15.7 Å². The highest BCUT2D eigenvalue weighted by molar-refractivity contribution is 6.42. The van der Waals surface area contributed by atoms with E-state index in [1.807, 2.05) is 6.92 Å². The highest BCUT2D eigenvalue weighted by Gasteiger charge is 2.30. The molecule has 3 rings (SSSR count). The van der Waals surface area contributed by atoms with Crippen LogP contribution in [0.2, 0.25) is 10.0 Å². The van der Waals surface area contributed by atoms with E-state index in [4.69, 9.17) is 28.9 Å². The molecule has 0 saturated heterocycles. The van der Waals surface area contributed by atoms with Crippen molar-refractivity contribution < 1.29 is 14.3 Å². The number of rotatable bonds is 2. The molecule has 1 aliphatic rings. The second-order valence-electron chi connectivity index (χ2n) is 6.98. The van der Waals surface area contributed by atoms with Crippen LogP contribution in [0.4, 0.5) is 10.1 Å². The van der Waals surface area contributed by atoms with Gasteiger partial charge in [-0.1, -0.05) is 30.1 Å². The highest BCUT2D eigenvalue weighted by atomic mass is 35.5. The molecule has 1 unspecified atom stereocenters. The maximum atomic E-state index is 14.1. The number of nitrogens with one attached hydrogen (secondary N) is 1. The van der Waals surface area contributed by atoms with Gasteiger partial charge in [0.15, 0.2) is 0 Å². The number of phenolic OH excluding ortho intramolecular Hbond substituents is 1. The number of phenols is 1. The average molecular weight is 412 g/mol. The summed E-state index contributed by atoms with van der Waals surface area (Å²) in [5.74, 6) is -1.38. The predicted octanol–water partition coefficient (Wildman–Crippen LogP) is 4.26. The Morgan fingerprint density at radius 1 is 1.33 bits per heavy atom. The lowest BCUT2D eigenvalue weighted by Crippen LogP contribution is -2.35. The standard InChI is InChI=1S/C19H20Cl2FN3O2/c1-9-4-10(5-11(23)6-13-12(9)2-3-24-18(13)22)19(27)25-16-7-14(20)15(21)8-17(16)26/h2-3,7-11,26H,4-6,23H2,1H3,(H,25,27)/t9-,10?,11+/m1/s1. The van der Waals surface area contributed by atoms with Crippen molar-refractivity contribution in [3.8, 4) is 5.75 Å². The third kappa shape index (κ3) is 4.34. The number of nitrogens with two attached hydrogens (primary N) is 1. The molecule has 0 spiro atoms. The van der Waals surface area contributed by atoms with Crippen LogP contribution in [0.15, 0.2) is 24.4 Å². The maximum Gasteiger partial charge on any atom is 0.227 e. The van der Waals surface area contributed by atoms with Crippen LogP contribution in [0.5, 0.6) is 5.75 Å². The minimum absolute atomic E-state index is 0.0387. The third-order valence-electron chi connectivity index (χ3n) is 4.93. The number of carbonyl (C=O) groups excluding carboxylic acids is 1. The van der Waals surface area contributed by atoms with Gasteiger partial charge in [0.25, 0.3) is 0 Å². The van der Waals surface area contributed by atoms with Gasteiger partial charge in [0.1, 0.15) is 5.75 Å². The molecule has 0 saturated carbocycles. The first-order valence-corrected chi connectivity index (χ1v) is 9.39. The molecule has 0 radical (unpaired) electrons. The van der Waals surface area contributed by atoms with Crippen molar-refractivity contribution in [2.75, 3.05) is 5.32 Å². The molecule has 2 aromatic rings. The Morgan fingerprint density at radius 3 is 2.78 bits per heavy atom. The number of hydrogen-bond acceptors (Lipinski definition) is 4. The Labute approximate surface area is 166 Å². The van der Waals surface area contributed by atoms with E-state index in [9.17, 15) is 14.3 Å². The number of aromatic nitrogens is 1. The molecule has 1 aromatic heterocycles. The monoisotopic (exact) mass is 411 g/mol. The summed E-state index contributed by atoms with van der Waals surface area (Å²) in [7, 11) is 0. The summed E-state index contributed by atoms with van der Waals surface area (Å²) in [6.45, 7) is 1.95. The van der Waals surface area contributed by atoms with E-state index < -0.39 is 11.9 Å². The second-order valence-corrected chi connectivity index (χ2v) is 7.79. The van der Waals surface area contributed by atoms with Gasteiger partial charge in [0.2, 0.25) is 11.9 Å². The van der Waals surface area contributed by atoms with Crippen LogP contribution in [0.3, 0.4) is 0 Å². The van der Waals surface area contributed by atoms with Gasteiger partial charge in [-0.05, 0) is 42.9 Å². The molecule has 3 atom stereocenters. The van der Waals surface area contributed by atoms with Crippen molar-refractivity contribution >= 4 is 34.8 Å². The lowest BCUT2D eigenvalue weighted by molar-refractivity contribution is -0.120. The van der Waals surface area contributed by atoms with Crippen LogP contribution in [0, 0.1) is 11.9 Å². The second kappa shape index (κ2) is 8.00. The summed E-state index contributed by atoms with van der Waals surface area (Å²) >= 11 is 11.8. The molecular formula is C19H20Cl2FN3O2. The van der Waals surface area contributed by atoms with Gasteiger partial charge in [0, 0.05) is 29.8 Å². The number of amides is 1. The molecule has 1 aromatic carbocycles. The van der Waals surface area contributed by atoms with Crippen LogP contribution in [-0.4, -0.2) is 22.0 Å². The Kier molecular flexibility index (Phi) is 5.89. The number of halogens is 3. The minimum Gasteiger partial charge on any atom is -0.506 e. The molecule has 144 valence electrons. The fourth-order valence-corrected chi connectivity index (χ4v) is 3.91. The quantitative estimate of drug-likeness (QED) is 0.508. The van der Waals surface area contributed by atoms with Crippen molar-refractivity contribution in [1.29, 1.82) is 0 Å². The topological polar surface area (TPSA) is 88.2 Å². The van der Waals surface area contributed by atoms with E-state index >= 15 is 0 Å². The van der Waals surface area contributed by atoms with Crippen LogP contribution >= 0.6 is 23.2 Å². The van der Waals surface area contributed by atoms with E-state index in [0.29, 0.717) is 24.8 Å². The van der Waals surface area contributed by atoms with E-state index in [1.54, 1.807) is 6.07 Å². The molecule has 4 N–H and O–H groups in total. The molecular weight excluding hydrogens is 392 g/mol. The van der Waals surface area contributed by atoms with Crippen molar-refractivity contribution in [3.05, 3.63) is 51.5 Å². The first kappa shape index (κ1) is 19.9. The Bertz CT molecular complexity index is 878. The summed E-state index contributed by atoms with van der Waals surface area (Å²) < 4.78 is 14.1. The lowest BCUT2D eigenvalue weighted by Gasteiger charge is -2.28. The normalized spacial score (nSPS) is 22.5. The van der Waals surface area contributed by atoms with E-state index in [0.717, 1.165) is 5.56 Å². The van der Waals surface area contributed by atoms with Gasteiger partial charge < -0.3 is 16.2 Å². The SMILES string of the molecule is C[C@@H]1CC(C(=O)Nc2cc(Cl)c(Cl)cc2O)C[C@H](N)Cc2c1ccnc2F. The summed E-state index contributed by atoms with van der Waals surface area (Å²) in [5, 5.41) is 13.1. The first-order valence-electron chi connectivity index (χ1n) is 8.64. The molecule has 0 aliphatic heterocycles. The fourth-order valence-electron chi connectivity index (χ4n) is 3.59. The molecule has 1 amide bonds. The Balaban J connectivity index is 1.83. The van der Waals surface area contributed by atoms with Crippen LogP contribution in [0.25, 0.3) is 0 Å². The van der Waals surface area contributed by atoms with Gasteiger partial charge in [-0.2, -0.15) is 4.39 Å². The van der Waals surface area contributed by atoms with Crippen LogP contribution in [-0.2, 0) is 11.2 Å². The molecule has 8 heteroatoms. The van der Waals surface area contributed by atoms with Gasteiger partial charge in [-0.25, -0.2) is 4.98 Å². The number of fused-ring (bicyclic) bond motifs is 1. The van der Waals surface area contributed by atoms with Crippen LogP contribution < -0.4 is 11.1 Å². The van der Waals surface area contributed by atoms with Gasteiger partial charge >= 0.3 is 0 Å². The van der Waals surface area contributed by atoms with E-state index in [1.165, 1.54) is 18.3 Å². The number of nitrogens with zero attached hydrogens (tertiary/aromatic N) is 1. The van der Waals surface area contributed by atoms with Crippen molar-refractivity contribution in [1.82, 2.24) is 4.98 Å². The largest absolute Gasteiger partial charge is 0.506 e. The summed E-state index contributed by atoms with van der Waals surface area (Å²) in [6, 6.07) is 4.08. The van der Waals surface area contributed by atoms with E-state index in [2.05, 4.69) is 10.3 Å². The summed E-state index contributed by atoms with van der Waals surface area (Å²) in [4.78, 5) is 16.5. The Morgan fingerprint density at radius 2 is 2.04 bits per heavy atom. The Hall–Kier alpha value is -1.89. The fraction of sp³-hybridized carbons (Fsp3) is 0.368. The molecule has 5 nitrogen and oxygen atoms in total. The molecule has 27 heavy (non-hydrogen) atoms. The van der Waals surface area contributed by atoms with E-state index in [-0.39, 0.29) is 39.3 Å². The van der Waals surface area contributed by atoms with Crippen molar-refractivity contribution in [2.45, 2.75) is 38.1 Å². The summed E-state index contributed by atoms with van der Waals surface area (Å²) in [5.41, 5.74) is 7.71. The van der Waals surface area contributed by atoms with Crippen molar-refractivity contribution in [2.24, 2.45) is 11.7 Å². The number of carbonyl (C=O) groups is 1. The summed E-state index contributed by atoms with van der Waals surface area (Å²) in [6.07, 6.45) is 2.64. The van der Waals surface area contributed by atoms with Crippen molar-refractivity contribution in [3.63, 3.8) is 0 Å². The first-order chi connectivity index (χ1) is 12.8. The minimum atomic E-state index is -0.501. The molecule has 1 aliphatic carbocycles. The molecule has 1 heterocycles. The maximum absolute atomic E-state index is 14.1. The zero-order chi connectivity index (χ0) is 19.7. The number of benzene rings is 1. The third-order valence-corrected chi connectivity index (χ3v) is 5.65. The molecule has 0 bridgehead atoms. The lowest BCUT2D eigenvalue weighted by atomic mass is 9.80. The predicted molar refractivity (Wildman–Crippen MR) is 104 cm³/mol. The number of pyridine rings is 1. The number of anilines is 1. The number of hydrogen-bond donors (Lipinski definition) is 3. The van der Waals surface area contributed by atoms with Gasteiger partial charge in [-0.15, -0.1) is 0 Å². The average Bonchev–Trinajstić information content (AvgIpc) is 2.59. The number of aromatic hydroxyl groups is 1. The zero-order valence-corrected chi connectivity index (χ0v) is 16.2. The highest BCUT2D eigenvalue weighted by Crippen LogP contribution is 2.36. The zero-order valence-electron chi connectivity index (χ0n) is 14.7. The van der Waals surface area contributed by atoms with Crippen LogP contribution in [0.1, 0.15) is 36.8 Å². The van der Waals surface area contributed by atoms with Gasteiger partial charge in [-0.3, -0.25) is 4.79 Å².